The molecule has 2 heterocycles. The first kappa shape index (κ1) is 13.0. The first-order chi connectivity index (χ1) is 8.63. The third-order valence-electron chi connectivity index (χ3n) is 2.71. The molecule has 0 spiro atoms. The number of nitrogens with zero attached hydrogens (tertiary/aromatic N) is 5. The summed E-state index contributed by atoms with van der Waals surface area (Å²) in [7, 11) is 0. The van der Waals surface area contributed by atoms with Gasteiger partial charge in [0.15, 0.2) is 5.15 Å². The van der Waals surface area contributed by atoms with Gasteiger partial charge in [-0.25, -0.2) is 4.98 Å². The summed E-state index contributed by atoms with van der Waals surface area (Å²) in [5.41, 5.74) is 8.70. The van der Waals surface area contributed by atoms with Gasteiger partial charge < -0.3 is 4.90 Å². The van der Waals surface area contributed by atoms with E-state index < -0.39 is 0 Å². The molecule has 2 rings (SSSR count). The summed E-state index contributed by atoms with van der Waals surface area (Å²) < 4.78 is 0. The molecule has 1 aliphatic heterocycles. The maximum atomic E-state index is 11.9. The molecule has 8 heteroatoms. The van der Waals surface area contributed by atoms with Crippen LogP contribution in [0.1, 0.15) is 6.42 Å². The van der Waals surface area contributed by atoms with Gasteiger partial charge in [0.1, 0.15) is 5.69 Å². The van der Waals surface area contributed by atoms with E-state index in [1.165, 1.54) is 11.1 Å². The fourth-order valence-corrected chi connectivity index (χ4v) is 2.48. The molecule has 0 radical (unpaired) electrons. The Morgan fingerprint density at radius 1 is 1.61 bits per heavy atom. The van der Waals surface area contributed by atoms with Gasteiger partial charge in [-0.05, 0) is 17.5 Å². The zero-order valence-electron chi connectivity index (χ0n) is 9.25. The normalized spacial score (nSPS) is 18.9. The number of anilines is 1. The van der Waals surface area contributed by atoms with E-state index in [9.17, 15) is 4.79 Å². The number of hydrogen-bond acceptors (Lipinski definition) is 3. The molecule has 1 saturated heterocycles. The standard InChI is InChI=1S/C10H9Cl2N5O/c11-7-1-2-14-10(12)9(7)17-5-6(3-8(17)18)4-15-16-13/h1-2,6H,3-5H2. The second kappa shape index (κ2) is 5.44. The molecule has 1 amide bonds. The molecule has 0 bridgehead atoms. The van der Waals surface area contributed by atoms with Gasteiger partial charge in [-0.15, -0.1) is 0 Å². The van der Waals surface area contributed by atoms with Crippen LogP contribution in [-0.2, 0) is 4.79 Å². The van der Waals surface area contributed by atoms with Crippen LogP contribution in [0.25, 0.3) is 10.4 Å². The average Bonchev–Trinajstić information content (AvgIpc) is 2.68. The molecule has 0 aromatic carbocycles. The Balaban J connectivity index is 2.24. The molecule has 0 N–H and O–H groups in total. The molecular formula is C10H9Cl2N5O. The van der Waals surface area contributed by atoms with Crippen molar-refractivity contribution in [2.45, 2.75) is 6.42 Å². The molecule has 0 saturated carbocycles. The van der Waals surface area contributed by atoms with Crippen molar-refractivity contribution in [2.24, 2.45) is 11.0 Å². The van der Waals surface area contributed by atoms with Crippen LogP contribution in [0.4, 0.5) is 5.69 Å². The summed E-state index contributed by atoms with van der Waals surface area (Å²) in [6.45, 7) is 0.719. The first-order valence-corrected chi connectivity index (χ1v) is 6.00. The summed E-state index contributed by atoms with van der Waals surface area (Å²) in [4.78, 5) is 20.0. The molecule has 18 heavy (non-hydrogen) atoms. The third kappa shape index (κ3) is 2.51. The molecule has 1 fully saturated rings. The van der Waals surface area contributed by atoms with E-state index in [1.807, 2.05) is 0 Å². The van der Waals surface area contributed by atoms with Gasteiger partial charge in [0.25, 0.3) is 0 Å². The lowest BCUT2D eigenvalue weighted by atomic mass is 10.1. The highest BCUT2D eigenvalue weighted by atomic mass is 35.5. The molecule has 1 aliphatic rings. The van der Waals surface area contributed by atoms with Crippen molar-refractivity contribution < 1.29 is 4.79 Å². The van der Waals surface area contributed by atoms with Crippen LogP contribution in [0, 0.1) is 5.92 Å². The van der Waals surface area contributed by atoms with Crippen molar-refractivity contribution in [3.05, 3.63) is 32.9 Å². The van der Waals surface area contributed by atoms with Gasteiger partial charge in [-0.3, -0.25) is 4.79 Å². The number of amides is 1. The number of pyridine rings is 1. The Labute approximate surface area is 113 Å². The van der Waals surface area contributed by atoms with Crippen LogP contribution in [0.2, 0.25) is 10.2 Å². The Hall–Kier alpha value is -1.49. The number of aromatic nitrogens is 1. The van der Waals surface area contributed by atoms with E-state index >= 15 is 0 Å². The number of halogens is 2. The van der Waals surface area contributed by atoms with Gasteiger partial charge in [-0.1, -0.05) is 28.3 Å². The van der Waals surface area contributed by atoms with Crippen LogP contribution < -0.4 is 4.90 Å². The minimum Gasteiger partial charge on any atom is -0.308 e. The summed E-state index contributed by atoms with van der Waals surface area (Å²) in [6, 6.07) is 1.58. The molecule has 1 aromatic rings. The fraction of sp³-hybridized carbons (Fsp3) is 0.400. The zero-order chi connectivity index (χ0) is 13.1. The summed E-state index contributed by atoms with van der Waals surface area (Å²) in [5.74, 6) is -0.106. The molecule has 6 nitrogen and oxygen atoms in total. The Bertz CT molecular complexity index is 509. The highest BCUT2D eigenvalue weighted by molar-refractivity contribution is 6.39. The van der Waals surface area contributed by atoms with Gasteiger partial charge in [0, 0.05) is 30.6 Å². The zero-order valence-corrected chi connectivity index (χ0v) is 10.8. The van der Waals surface area contributed by atoms with Crippen molar-refractivity contribution in [1.82, 2.24) is 4.98 Å². The maximum absolute atomic E-state index is 11.9. The lowest BCUT2D eigenvalue weighted by Gasteiger charge is -2.18. The van der Waals surface area contributed by atoms with Crippen molar-refractivity contribution in [3.8, 4) is 0 Å². The monoisotopic (exact) mass is 285 g/mol. The SMILES string of the molecule is [N-]=[N+]=NCC1CC(=O)N(c2c(Cl)ccnc2Cl)C1. The number of azide groups is 1. The van der Waals surface area contributed by atoms with Crippen LogP contribution in [0.3, 0.4) is 0 Å². The number of rotatable bonds is 3. The predicted molar refractivity (Wildman–Crippen MR) is 68.7 cm³/mol. The fourth-order valence-electron chi connectivity index (χ4n) is 1.92. The second-order valence-corrected chi connectivity index (χ2v) is 4.69. The summed E-state index contributed by atoms with van der Waals surface area (Å²) >= 11 is 12.0. The van der Waals surface area contributed by atoms with Gasteiger partial charge in [-0.2, -0.15) is 0 Å². The van der Waals surface area contributed by atoms with Gasteiger partial charge in [0.05, 0.1) is 5.02 Å². The van der Waals surface area contributed by atoms with Crippen molar-refractivity contribution >= 4 is 34.8 Å². The van der Waals surface area contributed by atoms with Gasteiger partial charge in [0.2, 0.25) is 5.91 Å². The molecule has 94 valence electrons. The van der Waals surface area contributed by atoms with Crippen LogP contribution >= 0.6 is 23.2 Å². The predicted octanol–water partition coefficient (Wildman–Crippen LogP) is 3.05. The van der Waals surface area contributed by atoms with E-state index in [-0.39, 0.29) is 23.5 Å². The minimum absolute atomic E-state index is 0.0132. The van der Waals surface area contributed by atoms with E-state index in [0.717, 1.165) is 0 Å². The molecule has 0 aliphatic carbocycles. The van der Waals surface area contributed by atoms with E-state index in [1.54, 1.807) is 6.07 Å². The average molecular weight is 286 g/mol. The van der Waals surface area contributed by atoms with Crippen molar-refractivity contribution in [3.63, 3.8) is 0 Å². The Morgan fingerprint density at radius 2 is 2.39 bits per heavy atom. The lowest BCUT2D eigenvalue weighted by molar-refractivity contribution is -0.117. The maximum Gasteiger partial charge on any atom is 0.227 e. The van der Waals surface area contributed by atoms with Crippen molar-refractivity contribution in [2.75, 3.05) is 18.0 Å². The van der Waals surface area contributed by atoms with Crippen LogP contribution in [-0.4, -0.2) is 24.0 Å². The second-order valence-electron chi connectivity index (χ2n) is 3.92. The first-order valence-electron chi connectivity index (χ1n) is 5.24. The van der Waals surface area contributed by atoms with E-state index in [0.29, 0.717) is 23.7 Å². The summed E-state index contributed by atoms with van der Waals surface area (Å²) in [6.07, 6.45) is 1.80. The highest BCUT2D eigenvalue weighted by Gasteiger charge is 2.32. The van der Waals surface area contributed by atoms with Crippen molar-refractivity contribution in [1.29, 1.82) is 0 Å². The van der Waals surface area contributed by atoms with Crippen LogP contribution in [0.5, 0.6) is 0 Å². The smallest absolute Gasteiger partial charge is 0.227 e. The lowest BCUT2D eigenvalue weighted by Crippen LogP contribution is -2.25. The minimum atomic E-state index is -0.0926. The molecule has 1 aromatic heterocycles. The number of carbonyl (C=O) groups is 1. The van der Waals surface area contributed by atoms with Crippen LogP contribution in [0.15, 0.2) is 17.4 Å². The highest BCUT2D eigenvalue weighted by Crippen LogP contribution is 2.35. The van der Waals surface area contributed by atoms with E-state index in [2.05, 4.69) is 15.0 Å². The number of carbonyl (C=O) groups excluding carboxylic acids is 1. The quantitative estimate of drug-likeness (QED) is 0.370. The largest absolute Gasteiger partial charge is 0.308 e. The molecular weight excluding hydrogens is 277 g/mol. The molecule has 1 atom stereocenters. The Morgan fingerprint density at radius 3 is 3.06 bits per heavy atom. The Kier molecular flexibility index (Phi) is 3.91. The third-order valence-corrected chi connectivity index (χ3v) is 3.29. The number of hydrogen-bond donors (Lipinski definition) is 0. The van der Waals surface area contributed by atoms with E-state index in [4.69, 9.17) is 28.7 Å². The summed E-state index contributed by atoms with van der Waals surface area (Å²) in [5, 5.41) is 4.06. The molecule has 1 unspecified atom stereocenters. The van der Waals surface area contributed by atoms with Gasteiger partial charge >= 0.3 is 0 Å². The topological polar surface area (TPSA) is 82.0 Å².